The summed E-state index contributed by atoms with van der Waals surface area (Å²) in [7, 11) is 1.41. The van der Waals surface area contributed by atoms with Crippen molar-refractivity contribution in [1.29, 1.82) is 0 Å². The van der Waals surface area contributed by atoms with Gasteiger partial charge in [0.25, 0.3) is 5.91 Å². The van der Waals surface area contributed by atoms with Crippen LogP contribution in [-0.4, -0.2) is 33.1 Å². The highest BCUT2D eigenvalue weighted by Gasteiger charge is 2.33. The molecule has 13 heteroatoms. The van der Waals surface area contributed by atoms with E-state index in [9.17, 15) is 31.1 Å². The van der Waals surface area contributed by atoms with Crippen molar-refractivity contribution >= 4 is 34.8 Å². The lowest BCUT2D eigenvalue weighted by molar-refractivity contribution is -0.138. The van der Waals surface area contributed by atoms with Crippen LogP contribution in [-0.2, 0) is 12.4 Å². The molecule has 3 aromatic rings. The molecule has 0 atom stereocenters. The number of fused-ring (bicyclic) bond motifs is 1. The van der Waals surface area contributed by atoms with Gasteiger partial charge in [-0.05, 0) is 24.0 Å². The molecule has 0 bridgehead atoms. The lowest BCUT2D eigenvalue weighted by Gasteiger charge is -2.13. The highest BCUT2D eigenvalue weighted by Crippen LogP contribution is 2.34. The minimum absolute atomic E-state index is 0.0193. The minimum atomic E-state index is -4.68. The first kappa shape index (κ1) is 22.7. The molecule has 1 amide bonds. The molecule has 0 aliphatic rings. The van der Waals surface area contributed by atoms with Gasteiger partial charge in [0.1, 0.15) is 16.5 Å². The van der Waals surface area contributed by atoms with Crippen molar-refractivity contribution in [2.24, 2.45) is 0 Å². The van der Waals surface area contributed by atoms with E-state index in [4.69, 9.17) is 0 Å². The number of rotatable bonds is 5. The summed E-state index contributed by atoms with van der Waals surface area (Å²) in [4.78, 5) is 20.5. The minimum Gasteiger partial charge on any atom is -0.371 e. The number of hydrogen-bond donors (Lipinski definition) is 2. The topological polar surface area (TPSA) is 71.3 Å². The second-order valence-corrected chi connectivity index (χ2v) is 7.41. The Labute approximate surface area is 176 Å². The summed E-state index contributed by atoms with van der Waals surface area (Å²) < 4.78 is 79.4. The van der Waals surface area contributed by atoms with Crippen LogP contribution in [0.25, 0.3) is 5.65 Å². The number of pyridine rings is 2. The molecule has 6 nitrogen and oxygen atoms in total. The predicted octanol–water partition coefficient (Wildman–Crippen LogP) is 5.17. The molecule has 2 N–H and O–H groups in total. The van der Waals surface area contributed by atoms with E-state index < -0.39 is 29.4 Å². The van der Waals surface area contributed by atoms with Crippen LogP contribution in [0.3, 0.4) is 0 Å². The number of alkyl halides is 6. The summed E-state index contributed by atoms with van der Waals surface area (Å²) in [6.45, 7) is 1.77. The summed E-state index contributed by atoms with van der Waals surface area (Å²) in [5.74, 6) is -0.429. The molecular weight excluding hydrogens is 448 g/mol. The average molecular weight is 463 g/mol. The third-order valence-corrected chi connectivity index (χ3v) is 5.06. The largest absolute Gasteiger partial charge is 0.417 e. The zero-order chi connectivity index (χ0) is 23.0. The molecule has 0 aromatic carbocycles. The molecule has 31 heavy (non-hydrogen) atoms. The lowest BCUT2D eigenvalue weighted by atomic mass is 10.2. The molecule has 0 radical (unpaired) electrons. The highest BCUT2D eigenvalue weighted by molar-refractivity contribution is 7.99. The Kier molecular flexibility index (Phi) is 6.07. The molecule has 3 aromatic heterocycles. The third kappa shape index (κ3) is 4.70. The van der Waals surface area contributed by atoms with E-state index in [0.717, 1.165) is 30.1 Å². The van der Waals surface area contributed by atoms with Gasteiger partial charge in [-0.1, -0.05) is 6.92 Å². The van der Waals surface area contributed by atoms with Gasteiger partial charge in [-0.25, -0.2) is 9.97 Å². The van der Waals surface area contributed by atoms with E-state index in [0.29, 0.717) is 18.0 Å². The zero-order valence-electron chi connectivity index (χ0n) is 16.0. The first-order valence-electron chi connectivity index (χ1n) is 8.74. The molecule has 0 saturated carbocycles. The van der Waals surface area contributed by atoms with Gasteiger partial charge in [0, 0.05) is 19.4 Å². The summed E-state index contributed by atoms with van der Waals surface area (Å²) in [5, 5.41) is 5.15. The van der Waals surface area contributed by atoms with Gasteiger partial charge in [-0.2, -0.15) is 26.3 Å². The maximum absolute atomic E-state index is 13.0. The fraction of sp³-hybridized carbons (Fsp3) is 0.278. The lowest BCUT2D eigenvalue weighted by Crippen LogP contribution is -2.16. The number of nitrogens with zero attached hydrogens (tertiary/aromatic N) is 3. The Bertz CT molecular complexity index is 1130. The molecule has 0 unspecified atom stereocenters. The number of aromatic nitrogens is 3. The predicted molar refractivity (Wildman–Crippen MR) is 103 cm³/mol. The van der Waals surface area contributed by atoms with Gasteiger partial charge in [-0.15, -0.1) is 11.8 Å². The van der Waals surface area contributed by atoms with E-state index >= 15 is 0 Å². The van der Waals surface area contributed by atoms with Crippen molar-refractivity contribution in [3.8, 4) is 0 Å². The van der Waals surface area contributed by atoms with Gasteiger partial charge >= 0.3 is 12.4 Å². The molecular formula is C18H15F6N5OS. The number of thioether (sulfide) groups is 1. The molecule has 0 saturated heterocycles. The first-order chi connectivity index (χ1) is 14.5. The van der Waals surface area contributed by atoms with Crippen molar-refractivity contribution in [2.45, 2.75) is 24.3 Å². The maximum atomic E-state index is 13.0. The average Bonchev–Trinajstić information content (AvgIpc) is 3.05. The number of hydrogen-bond acceptors (Lipinski definition) is 5. The van der Waals surface area contributed by atoms with E-state index in [1.165, 1.54) is 11.4 Å². The van der Waals surface area contributed by atoms with Crippen LogP contribution in [0, 0.1) is 0 Å². The van der Waals surface area contributed by atoms with E-state index in [1.807, 2.05) is 0 Å². The normalized spacial score (nSPS) is 12.3. The van der Waals surface area contributed by atoms with Crippen molar-refractivity contribution < 1.29 is 31.1 Å². The molecule has 0 aliphatic heterocycles. The smallest absolute Gasteiger partial charge is 0.371 e. The second-order valence-electron chi connectivity index (χ2n) is 6.16. The first-order valence-corrected chi connectivity index (χ1v) is 9.72. The number of halogens is 6. The molecule has 0 aliphatic carbocycles. The fourth-order valence-electron chi connectivity index (χ4n) is 2.72. The number of carbonyl (C=O) groups is 1. The molecule has 166 valence electrons. The Morgan fingerprint density at radius 2 is 1.81 bits per heavy atom. The maximum Gasteiger partial charge on any atom is 0.417 e. The van der Waals surface area contributed by atoms with Crippen LogP contribution in [0.2, 0.25) is 0 Å². The van der Waals surface area contributed by atoms with Crippen molar-refractivity contribution in [1.82, 2.24) is 14.4 Å². The SMILES string of the molecule is CCSc1c(C(=O)Nc2cc(C(F)(F)F)cnc2NC)nc2cc(C(F)(F)F)ccn12. The summed E-state index contributed by atoms with van der Waals surface area (Å²) in [6, 6.07) is 2.36. The molecule has 0 fully saturated rings. The number of nitrogens with one attached hydrogen (secondary N) is 2. The van der Waals surface area contributed by atoms with Crippen LogP contribution < -0.4 is 10.6 Å². The summed E-state index contributed by atoms with van der Waals surface area (Å²) in [5.41, 5.74) is -2.60. The van der Waals surface area contributed by atoms with Gasteiger partial charge in [-0.3, -0.25) is 9.20 Å². The second kappa shape index (κ2) is 8.29. The molecule has 3 rings (SSSR count). The van der Waals surface area contributed by atoms with E-state index in [2.05, 4.69) is 20.6 Å². The summed E-state index contributed by atoms with van der Waals surface area (Å²) in [6.07, 6.45) is -7.52. The number of imidazole rings is 1. The van der Waals surface area contributed by atoms with Gasteiger partial charge in [0.05, 0.1) is 16.8 Å². The Morgan fingerprint density at radius 1 is 1.13 bits per heavy atom. The van der Waals surface area contributed by atoms with Crippen molar-refractivity contribution in [3.05, 3.63) is 47.4 Å². The Hall–Kier alpha value is -2.96. The monoisotopic (exact) mass is 463 g/mol. The fourth-order valence-corrected chi connectivity index (χ4v) is 3.56. The summed E-state index contributed by atoms with van der Waals surface area (Å²) >= 11 is 1.15. The Balaban J connectivity index is 2.05. The van der Waals surface area contributed by atoms with Gasteiger partial charge in [0.2, 0.25) is 0 Å². The Morgan fingerprint density at radius 3 is 2.39 bits per heavy atom. The van der Waals surface area contributed by atoms with E-state index in [1.54, 1.807) is 6.92 Å². The van der Waals surface area contributed by atoms with E-state index in [-0.39, 0.29) is 27.9 Å². The van der Waals surface area contributed by atoms with Crippen LogP contribution in [0.1, 0.15) is 28.5 Å². The van der Waals surface area contributed by atoms with Crippen LogP contribution in [0.15, 0.2) is 35.6 Å². The van der Waals surface area contributed by atoms with Crippen molar-refractivity contribution in [2.75, 3.05) is 23.4 Å². The standard InChI is InChI=1S/C18H15F6N5OS/c1-3-31-16-13(28-12-7-9(17(19,20)21)4-5-29(12)16)15(30)27-11-6-10(18(22,23)24)8-26-14(11)25-2/h4-8H,3H2,1-2H3,(H,25,26)(H,27,30). The number of anilines is 2. The van der Waals surface area contributed by atoms with Crippen LogP contribution in [0.4, 0.5) is 37.8 Å². The zero-order valence-corrected chi connectivity index (χ0v) is 16.8. The quantitative estimate of drug-likeness (QED) is 0.404. The number of amides is 1. The van der Waals surface area contributed by atoms with Gasteiger partial charge < -0.3 is 10.6 Å². The molecule has 3 heterocycles. The third-order valence-electron chi connectivity index (χ3n) is 4.11. The van der Waals surface area contributed by atoms with Crippen LogP contribution in [0.5, 0.6) is 0 Å². The number of carbonyl (C=O) groups excluding carboxylic acids is 1. The highest BCUT2D eigenvalue weighted by atomic mass is 32.2. The van der Waals surface area contributed by atoms with Crippen LogP contribution >= 0.6 is 11.8 Å². The molecule has 0 spiro atoms. The van der Waals surface area contributed by atoms with Gasteiger partial charge in [0.15, 0.2) is 5.69 Å². The van der Waals surface area contributed by atoms with Crippen molar-refractivity contribution in [3.63, 3.8) is 0 Å².